The van der Waals surface area contributed by atoms with Crippen molar-refractivity contribution in [2.45, 2.75) is 13.2 Å². The van der Waals surface area contributed by atoms with Crippen LogP contribution < -0.4 is 4.74 Å². The van der Waals surface area contributed by atoms with E-state index >= 15 is 0 Å². The Morgan fingerprint density at radius 2 is 1.85 bits per heavy atom. The number of ether oxygens (including phenoxy) is 1. The van der Waals surface area contributed by atoms with Crippen LogP contribution in [0.15, 0.2) is 54.9 Å². The molecule has 0 N–H and O–H groups in total. The Labute approximate surface area is 150 Å². The van der Waals surface area contributed by atoms with Gasteiger partial charge in [-0.1, -0.05) is 12.1 Å². The third-order valence-corrected chi connectivity index (χ3v) is 3.87. The maximum Gasteiger partial charge on any atom is 0.269 e. The molecule has 134 valence electrons. The molecule has 0 aliphatic rings. The molecule has 8 heteroatoms. The summed E-state index contributed by atoms with van der Waals surface area (Å²) in [5.41, 5.74) is 1.96. The van der Waals surface area contributed by atoms with Gasteiger partial charge in [-0.05, 0) is 36.9 Å². The molecule has 26 heavy (non-hydrogen) atoms. The zero-order valence-electron chi connectivity index (χ0n) is 14.6. The first kappa shape index (κ1) is 17.6. The lowest BCUT2D eigenvalue weighted by Gasteiger charge is -2.16. The van der Waals surface area contributed by atoms with Crippen LogP contribution in [0.4, 0.5) is 5.69 Å². The van der Waals surface area contributed by atoms with Crippen LogP contribution in [0.5, 0.6) is 5.75 Å². The Hall–Kier alpha value is -3.26. The van der Waals surface area contributed by atoms with Crippen LogP contribution in [0.25, 0.3) is 11.4 Å². The molecule has 0 fully saturated rings. The zero-order valence-corrected chi connectivity index (χ0v) is 14.6. The van der Waals surface area contributed by atoms with E-state index in [9.17, 15) is 10.1 Å². The number of aromatic nitrogens is 3. The fourth-order valence-corrected chi connectivity index (χ4v) is 2.57. The van der Waals surface area contributed by atoms with Gasteiger partial charge in [-0.15, -0.1) is 5.10 Å². The van der Waals surface area contributed by atoms with E-state index in [0.29, 0.717) is 12.5 Å². The van der Waals surface area contributed by atoms with Gasteiger partial charge in [0.05, 0.1) is 18.7 Å². The van der Waals surface area contributed by atoms with Gasteiger partial charge in [-0.25, -0.2) is 9.67 Å². The van der Waals surface area contributed by atoms with Gasteiger partial charge in [0.15, 0.2) is 5.82 Å². The number of nitro groups is 1. The highest BCUT2D eigenvalue weighted by Gasteiger charge is 2.09. The standard InChI is InChI=1S/C18H19N5O3/c1-21(11-14-3-9-17(26-2)10-4-14)13-22-12-19-18(20-22)15-5-7-16(8-6-15)23(24)25/h3-10,12H,11,13H2,1-2H3. The molecule has 0 aliphatic heterocycles. The summed E-state index contributed by atoms with van der Waals surface area (Å²) in [4.78, 5) is 16.7. The number of rotatable bonds is 7. The predicted molar refractivity (Wildman–Crippen MR) is 96.6 cm³/mol. The van der Waals surface area contributed by atoms with E-state index < -0.39 is 4.92 Å². The molecule has 1 heterocycles. The van der Waals surface area contributed by atoms with Crippen molar-refractivity contribution in [3.63, 3.8) is 0 Å². The van der Waals surface area contributed by atoms with Crippen molar-refractivity contribution in [2.24, 2.45) is 0 Å². The maximum atomic E-state index is 10.7. The monoisotopic (exact) mass is 353 g/mol. The maximum absolute atomic E-state index is 10.7. The van der Waals surface area contributed by atoms with E-state index in [4.69, 9.17) is 4.74 Å². The summed E-state index contributed by atoms with van der Waals surface area (Å²) < 4.78 is 6.90. The summed E-state index contributed by atoms with van der Waals surface area (Å²) in [6, 6.07) is 14.1. The van der Waals surface area contributed by atoms with E-state index in [-0.39, 0.29) is 5.69 Å². The van der Waals surface area contributed by atoms with E-state index in [2.05, 4.69) is 15.0 Å². The molecule has 0 saturated carbocycles. The summed E-state index contributed by atoms with van der Waals surface area (Å²) >= 11 is 0. The van der Waals surface area contributed by atoms with Crippen LogP contribution in [0.3, 0.4) is 0 Å². The lowest BCUT2D eigenvalue weighted by Crippen LogP contribution is -2.21. The quantitative estimate of drug-likeness (QED) is 0.479. The Kier molecular flexibility index (Phi) is 5.23. The van der Waals surface area contributed by atoms with Gasteiger partial charge in [-0.2, -0.15) is 0 Å². The van der Waals surface area contributed by atoms with E-state index in [0.717, 1.165) is 17.9 Å². The molecule has 1 aromatic heterocycles. The van der Waals surface area contributed by atoms with E-state index in [1.807, 2.05) is 31.3 Å². The Balaban J connectivity index is 1.62. The molecule has 0 aliphatic carbocycles. The van der Waals surface area contributed by atoms with Crippen LogP contribution in [0.2, 0.25) is 0 Å². The number of benzene rings is 2. The van der Waals surface area contributed by atoms with Gasteiger partial charge in [0.1, 0.15) is 12.1 Å². The molecule has 3 aromatic rings. The highest BCUT2D eigenvalue weighted by molar-refractivity contribution is 5.56. The van der Waals surface area contributed by atoms with Crippen LogP contribution in [0, 0.1) is 10.1 Å². The Bertz CT molecular complexity index is 875. The van der Waals surface area contributed by atoms with E-state index in [1.165, 1.54) is 17.7 Å². The molecule has 2 aromatic carbocycles. The summed E-state index contributed by atoms with van der Waals surface area (Å²) in [7, 11) is 3.64. The number of hydrogen-bond acceptors (Lipinski definition) is 6. The Morgan fingerprint density at radius 3 is 2.46 bits per heavy atom. The highest BCUT2D eigenvalue weighted by Crippen LogP contribution is 2.19. The van der Waals surface area contributed by atoms with Crippen LogP contribution in [-0.2, 0) is 13.2 Å². The first-order valence-electron chi connectivity index (χ1n) is 8.01. The molecule has 8 nitrogen and oxygen atoms in total. The second kappa shape index (κ2) is 7.75. The molecule has 0 unspecified atom stereocenters. The van der Waals surface area contributed by atoms with Gasteiger partial charge in [0.2, 0.25) is 0 Å². The first-order chi connectivity index (χ1) is 12.5. The Morgan fingerprint density at radius 1 is 1.15 bits per heavy atom. The van der Waals surface area contributed by atoms with Crippen molar-refractivity contribution in [3.05, 3.63) is 70.5 Å². The number of nitro benzene ring substituents is 1. The fraction of sp³-hybridized carbons (Fsp3) is 0.222. The molecule has 0 atom stereocenters. The van der Waals surface area contributed by atoms with Crippen LogP contribution in [0.1, 0.15) is 5.56 Å². The largest absolute Gasteiger partial charge is 0.497 e. The second-order valence-electron chi connectivity index (χ2n) is 5.92. The first-order valence-corrected chi connectivity index (χ1v) is 8.01. The molecule has 0 amide bonds. The van der Waals surface area contributed by atoms with E-state index in [1.54, 1.807) is 30.3 Å². The normalized spacial score (nSPS) is 10.9. The SMILES string of the molecule is COc1ccc(CN(C)Cn2cnc(-c3ccc([N+](=O)[O-])cc3)n2)cc1. The van der Waals surface area contributed by atoms with Gasteiger partial charge in [0.25, 0.3) is 5.69 Å². The summed E-state index contributed by atoms with van der Waals surface area (Å²) in [5, 5.41) is 15.2. The lowest BCUT2D eigenvalue weighted by molar-refractivity contribution is -0.384. The minimum Gasteiger partial charge on any atom is -0.497 e. The average Bonchev–Trinajstić information content (AvgIpc) is 3.10. The third-order valence-electron chi connectivity index (χ3n) is 3.87. The minimum atomic E-state index is -0.427. The molecular formula is C18H19N5O3. The van der Waals surface area contributed by atoms with Gasteiger partial charge >= 0.3 is 0 Å². The molecule has 3 rings (SSSR count). The summed E-state index contributed by atoms with van der Waals surface area (Å²) in [6.45, 7) is 1.34. The topological polar surface area (TPSA) is 86.3 Å². The summed E-state index contributed by atoms with van der Waals surface area (Å²) in [6.07, 6.45) is 1.65. The van der Waals surface area contributed by atoms with Crippen molar-refractivity contribution in [1.29, 1.82) is 0 Å². The minimum absolute atomic E-state index is 0.0485. The molecule has 0 bridgehead atoms. The van der Waals surface area contributed by atoms with Gasteiger partial charge in [-0.3, -0.25) is 15.0 Å². The molecule has 0 saturated heterocycles. The van der Waals surface area contributed by atoms with Gasteiger partial charge in [0, 0.05) is 24.2 Å². The number of nitrogens with zero attached hydrogens (tertiary/aromatic N) is 5. The van der Waals surface area contributed by atoms with Crippen LogP contribution in [-0.4, -0.2) is 38.7 Å². The van der Waals surface area contributed by atoms with Crippen molar-refractivity contribution in [3.8, 4) is 17.1 Å². The summed E-state index contributed by atoms with van der Waals surface area (Å²) in [5.74, 6) is 1.37. The number of hydrogen-bond donors (Lipinski definition) is 0. The molecule has 0 spiro atoms. The number of non-ortho nitro benzene ring substituents is 1. The van der Waals surface area contributed by atoms with Crippen molar-refractivity contribution >= 4 is 5.69 Å². The predicted octanol–water partition coefficient (Wildman–Crippen LogP) is 2.95. The fourth-order valence-electron chi connectivity index (χ4n) is 2.57. The van der Waals surface area contributed by atoms with Gasteiger partial charge < -0.3 is 4.74 Å². The van der Waals surface area contributed by atoms with Crippen molar-refractivity contribution in [2.75, 3.05) is 14.2 Å². The number of methoxy groups -OCH3 is 1. The average molecular weight is 353 g/mol. The lowest BCUT2D eigenvalue weighted by atomic mass is 10.2. The zero-order chi connectivity index (χ0) is 18.5. The van der Waals surface area contributed by atoms with Crippen molar-refractivity contribution in [1.82, 2.24) is 19.7 Å². The van der Waals surface area contributed by atoms with Crippen LogP contribution >= 0.6 is 0 Å². The second-order valence-corrected chi connectivity index (χ2v) is 5.92. The molecule has 0 radical (unpaired) electrons. The third kappa shape index (κ3) is 4.22. The molecular weight excluding hydrogens is 334 g/mol. The highest BCUT2D eigenvalue weighted by atomic mass is 16.6. The van der Waals surface area contributed by atoms with Crippen molar-refractivity contribution < 1.29 is 9.66 Å². The smallest absolute Gasteiger partial charge is 0.269 e.